The van der Waals surface area contributed by atoms with E-state index in [9.17, 15) is 0 Å². The maximum Gasteiger partial charge on any atom is 0.0587 e. The van der Waals surface area contributed by atoms with Gasteiger partial charge < -0.3 is 10.4 Å². The van der Waals surface area contributed by atoms with Gasteiger partial charge in [-0.05, 0) is 26.0 Å². The van der Waals surface area contributed by atoms with Crippen LogP contribution in [0.3, 0.4) is 0 Å². The van der Waals surface area contributed by atoms with Gasteiger partial charge in [0, 0.05) is 6.04 Å². The lowest BCUT2D eigenvalue weighted by atomic mass is 10.1. The number of hydrogen-bond acceptors (Lipinski definition) is 2. The van der Waals surface area contributed by atoms with Crippen molar-refractivity contribution in [3.8, 4) is 0 Å². The van der Waals surface area contributed by atoms with E-state index in [2.05, 4.69) is 11.9 Å². The number of hydrogen-bond donors (Lipinski definition) is 2. The van der Waals surface area contributed by atoms with Crippen molar-refractivity contribution in [3.05, 3.63) is 36.5 Å². The van der Waals surface area contributed by atoms with E-state index < -0.39 is 0 Å². The van der Waals surface area contributed by atoms with Crippen LogP contribution in [0.5, 0.6) is 0 Å². The van der Waals surface area contributed by atoms with Gasteiger partial charge in [-0.3, -0.25) is 0 Å². The number of allylic oxidation sites excluding steroid dienone is 4. The molecule has 0 aliphatic carbocycles. The molecule has 0 saturated carbocycles. The third-order valence-corrected chi connectivity index (χ3v) is 1.88. The molecule has 1 atom stereocenters. The van der Waals surface area contributed by atoms with E-state index in [-0.39, 0.29) is 12.6 Å². The number of aliphatic hydroxyl groups is 1. The zero-order chi connectivity index (χ0) is 10.1. The smallest absolute Gasteiger partial charge is 0.0587 e. The highest BCUT2D eigenvalue weighted by Crippen LogP contribution is 2.06. The Bertz CT molecular complexity index is 190. The minimum absolute atomic E-state index is 0.120. The molecular weight excluding hydrogens is 162 g/mol. The number of likely N-dealkylation sites (N-methyl/N-ethyl adjacent to an activating group) is 1. The highest BCUT2D eigenvalue weighted by molar-refractivity contribution is 5.22. The van der Waals surface area contributed by atoms with Crippen LogP contribution in [0.2, 0.25) is 0 Å². The van der Waals surface area contributed by atoms with Crippen molar-refractivity contribution < 1.29 is 5.11 Å². The van der Waals surface area contributed by atoms with E-state index in [1.807, 2.05) is 38.3 Å². The van der Waals surface area contributed by atoms with Gasteiger partial charge in [-0.15, -0.1) is 0 Å². The molecular formula is C11H19NO. The van der Waals surface area contributed by atoms with Crippen LogP contribution in [0.1, 0.15) is 13.3 Å². The average Bonchev–Trinajstić information content (AvgIpc) is 2.19. The number of nitrogens with one attached hydrogen (secondary N) is 1. The summed E-state index contributed by atoms with van der Waals surface area (Å²) >= 11 is 0. The van der Waals surface area contributed by atoms with Crippen molar-refractivity contribution in [2.75, 3.05) is 13.7 Å². The first-order valence-electron chi connectivity index (χ1n) is 4.50. The van der Waals surface area contributed by atoms with Gasteiger partial charge in [-0.2, -0.15) is 0 Å². The van der Waals surface area contributed by atoms with Gasteiger partial charge in [0.25, 0.3) is 0 Å². The first kappa shape index (κ1) is 12.1. The zero-order valence-corrected chi connectivity index (χ0v) is 8.46. The van der Waals surface area contributed by atoms with Crippen LogP contribution in [-0.4, -0.2) is 24.8 Å². The van der Waals surface area contributed by atoms with Crippen molar-refractivity contribution in [1.82, 2.24) is 5.32 Å². The first-order valence-corrected chi connectivity index (χ1v) is 4.50. The molecule has 2 heteroatoms. The minimum Gasteiger partial charge on any atom is -0.395 e. The minimum atomic E-state index is 0.120. The van der Waals surface area contributed by atoms with Crippen LogP contribution in [0, 0.1) is 0 Å². The molecule has 74 valence electrons. The van der Waals surface area contributed by atoms with Crippen molar-refractivity contribution >= 4 is 0 Å². The maximum absolute atomic E-state index is 8.95. The normalized spacial score (nSPS) is 14.8. The monoisotopic (exact) mass is 181 g/mol. The summed E-state index contributed by atoms with van der Waals surface area (Å²) < 4.78 is 0. The molecule has 0 amide bonds. The van der Waals surface area contributed by atoms with Gasteiger partial charge in [0.05, 0.1) is 6.61 Å². The molecule has 2 N–H and O–H groups in total. The standard InChI is InChI=1S/C11H19NO/c1-4-6-7-10(5-2)8-11(9-13)12-3/h4-7,11-13H,2,8-9H2,1,3H3/b6-4-,10-7+/t11-/m0/s1. The van der Waals surface area contributed by atoms with Crippen LogP contribution in [0.4, 0.5) is 0 Å². The van der Waals surface area contributed by atoms with E-state index in [1.54, 1.807) is 0 Å². The topological polar surface area (TPSA) is 32.3 Å². The molecule has 0 fully saturated rings. The lowest BCUT2D eigenvalue weighted by Gasteiger charge is -2.12. The Balaban J connectivity index is 4.17. The Morgan fingerprint density at radius 1 is 1.62 bits per heavy atom. The van der Waals surface area contributed by atoms with Crippen molar-refractivity contribution in [3.63, 3.8) is 0 Å². The molecule has 0 unspecified atom stereocenters. The van der Waals surface area contributed by atoms with Crippen LogP contribution in [0.15, 0.2) is 36.5 Å². The van der Waals surface area contributed by atoms with E-state index in [0.717, 1.165) is 12.0 Å². The molecule has 0 aliphatic rings. The van der Waals surface area contributed by atoms with Crippen LogP contribution in [0.25, 0.3) is 0 Å². The predicted octanol–water partition coefficient (Wildman–Crippen LogP) is 1.65. The molecule has 0 aromatic heterocycles. The fourth-order valence-corrected chi connectivity index (χ4v) is 0.982. The van der Waals surface area contributed by atoms with E-state index >= 15 is 0 Å². The van der Waals surface area contributed by atoms with E-state index in [0.29, 0.717) is 0 Å². The summed E-state index contributed by atoms with van der Waals surface area (Å²) in [6, 6.07) is 0.120. The number of rotatable bonds is 6. The Labute approximate surface area is 80.7 Å². The molecule has 0 bridgehead atoms. The maximum atomic E-state index is 8.95. The number of aliphatic hydroxyl groups excluding tert-OH is 1. The van der Waals surface area contributed by atoms with Gasteiger partial charge >= 0.3 is 0 Å². The molecule has 0 aromatic carbocycles. The largest absolute Gasteiger partial charge is 0.395 e. The summed E-state index contributed by atoms with van der Waals surface area (Å²) in [5, 5.41) is 12.0. The zero-order valence-electron chi connectivity index (χ0n) is 8.46. The van der Waals surface area contributed by atoms with E-state index in [1.165, 1.54) is 0 Å². The molecule has 0 spiro atoms. The third-order valence-electron chi connectivity index (χ3n) is 1.88. The quantitative estimate of drug-likeness (QED) is 0.611. The van der Waals surface area contributed by atoms with Crippen LogP contribution < -0.4 is 5.32 Å². The molecule has 0 rings (SSSR count). The van der Waals surface area contributed by atoms with Crippen LogP contribution in [-0.2, 0) is 0 Å². The van der Waals surface area contributed by atoms with Gasteiger partial charge in [-0.1, -0.05) is 30.9 Å². The van der Waals surface area contributed by atoms with Gasteiger partial charge in [-0.25, -0.2) is 0 Å². The van der Waals surface area contributed by atoms with Gasteiger partial charge in [0.1, 0.15) is 0 Å². The average molecular weight is 181 g/mol. The lowest BCUT2D eigenvalue weighted by molar-refractivity contribution is 0.248. The fourth-order valence-electron chi connectivity index (χ4n) is 0.982. The summed E-state index contributed by atoms with van der Waals surface area (Å²) in [5.41, 5.74) is 1.13. The first-order chi connectivity index (χ1) is 6.28. The molecule has 0 radical (unpaired) electrons. The molecule has 0 aliphatic heterocycles. The van der Waals surface area contributed by atoms with E-state index in [4.69, 9.17) is 5.11 Å². The Morgan fingerprint density at radius 3 is 2.69 bits per heavy atom. The molecule has 0 heterocycles. The second-order valence-corrected chi connectivity index (χ2v) is 2.84. The molecule has 0 aromatic rings. The molecule has 2 nitrogen and oxygen atoms in total. The van der Waals surface area contributed by atoms with Crippen LogP contribution >= 0.6 is 0 Å². The summed E-state index contributed by atoms with van der Waals surface area (Å²) in [7, 11) is 1.84. The molecule has 13 heavy (non-hydrogen) atoms. The van der Waals surface area contributed by atoms with Gasteiger partial charge in [0.15, 0.2) is 0 Å². The highest BCUT2D eigenvalue weighted by atomic mass is 16.3. The summed E-state index contributed by atoms with van der Waals surface area (Å²) in [4.78, 5) is 0. The SMILES string of the molecule is C=C/C(=C\C=C/C)C[C@@H](CO)NC. The summed E-state index contributed by atoms with van der Waals surface area (Å²) in [5.74, 6) is 0. The highest BCUT2D eigenvalue weighted by Gasteiger charge is 2.04. The van der Waals surface area contributed by atoms with Crippen molar-refractivity contribution in [2.45, 2.75) is 19.4 Å². The summed E-state index contributed by atoms with van der Waals surface area (Å²) in [6.45, 7) is 5.85. The molecule has 0 saturated heterocycles. The Hall–Kier alpha value is -0.860. The van der Waals surface area contributed by atoms with Gasteiger partial charge in [0.2, 0.25) is 0 Å². The second-order valence-electron chi connectivity index (χ2n) is 2.84. The lowest BCUT2D eigenvalue weighted by Crippen LogP contribution is -2.29. The Kier molecular flexibility index (Phi) is 7.26. The fraction of sp³-hybridized carbons (Fsp3) is 0.455. The Morgan fingerprint density at radius 2 is 2.31 bits per heavy atom. The van der Waals surface area contributed by atoms with Crippen molar-refractivity contribution in [1.29, 1.82) is 0 Å². The summed E-state index contributed by atoms with van der Waals surface area (Å²) in [6.07, 6.45) is 8.58. The predicted molar refractivity (Wildman–Crippen MR) is 57.6 cm³/mol. The third kappa shape index (κ3) is 5.39. The van der Waals surface area contributed by atoms with Crippen molar-refractivity contribution in [2.24, 2.45) is 0 Å². The second kappa shape index (κ2) is 7.77.